The van der Waals surface area contributed by atoms with E-state index in [1.165, 1.54) is 6.07 Å². The van der Waals surface area contributed by atoms with E-state index < -0.39 is 11.8 Å². The molecule has 0 heterocycles. The maximum absolute atomic E-state index is 10.1. The standard InChI is InChI=1S/C5H5NO3.K/c6-3-4(7)1-2-5(8)9;/h1-2H2,(H,8,9);/q;+1/p-1. The summed E-state index contributed by atoms with van der Waals surface area (Å²) in [6, 6.07) is 1.29. The maximum Gasteiger partial charge on any atom is 1.00 e. The van der Waals surface area contributed by atoms with Crippen molar-refractivity contribution in [2.45, 2.75) is 12.8 Å². The van der Waals surface area contributed by atoms with Gasteiger partial charge in [-0.15, -0.1) is 0 Å². The molecule has 0 rings (SSSR count). The van der Waals surface area contributed by atoms with Crippen molar-refractivity contribution in [3.8, 4) is 6.07 Å². The van der Waals surface area contributed by atoms with Gasteiger partial charge in [0.2, 0.25) is 5.78 Å². The monoisotopic (exact) mass is 165 g/mol. The first-order valence-electron chi connectivity index (χ1n) is 2.29. The Morgan fingerprint density at radius 2 is 1.90 bits per heavy atom. The predicted octanol–water partition coefficient (Wildman–Crippen LogP) is -4.39. The fourth-order valence-electron chi connectivity index (χ4n) is 0.271. The Labute approximate surface area is 101 Å². The number of rotatable bonds is 3. The van der Waals surface area contributed by atoms with Gasteiger partial charge in [0.25, 0.3) is 0 Å². The van der Waals surface area contributed by atoms with E-state index in [9.17, 15) is 14.7 Å². The van der Waals surface area contributed by atoms with E-state index in [1.807, 2.05) is 0 Å². The Balaban J connectivity index is 0. The van der Waals surface area contributed by atoms with Gasteiger partial charge in [-0.25, -0.2) is 0 Å². The molecule has 0 aliphatic heterocycles. The van der Waals surface area contributed by atoms with Gasteiger partial charge in [-0.2, -0.15) is 5.26 Å². The third kappa shape index (κ3) is 8.27. The topological polar surface area (TPSA) is 81.0 Å². The smallest absolute Gasteiger partial charge is 0.550 e. The zero-order valence-corrected chi connectivity index (χ0v) is 8.71. The number of hydrogen-bond acceptors (Lipinski definition) is 4. The third-order valence-electron chi connectivity index (χ3n) is 0.681. The van der Waals surface area contributed by atoms with E-state index in [-0.39, 0.29) is 64.2 Å². The number of Topliss-reactive ketones (excluding diaryl/α,β-unsaturated/α-hetero) is 1. The molecule has 0 aromatic heterocycles. The number of hydrogen-bond donors (Lipinski definition) is 0. The van der Waals surface area contributed by atoms with Gasteiger partial charge in [0.05, 0.1) is 0 Å². The number of carbonyl (C=O) groups excluding carboxylic acids is 2. The molecule has 0 aliphatic rings. The molecular formula is C5H4KNO3. The van der Waals surface area contributed by atoms with Crippen LogP contribution >= 0.6 is 0 Å². The summed E-state index contributed by atoms with van der Waals surface area (Å²) < 4.78 is 0. The normalized spacial score (nSPS) is 7.10. The largest absolute Gasteiger partial charge is 1.00 e. The van der Waals surface area contributed by atoms with Gasteiger partial charge in [-0.05, 0) is 6.42 Å². The Bertz CT molecular complexity index is 172. The van der Waals surface area contributed by atoms with Crippen LogP contribution in [0, 0.1) is 11.3 Å². The first kappa shape index (κ1) is 12.9. The second kappa shape index (κ2) is 7.37. The number of nitriles is 1. The summed E-state index contributed by atoms with van der Waals surface area (Å²) in [5.74, 6) is -2.03. The van der Waals surface area contributed by atoms with Crippen molar-refractivity contribution >= 4 is 11.8 Å². The number of carboxylic acids is 1. The molecule has 0 saturated carbocycles. The van der Waals surface area contributed by atoms with Gasteiger partial charge < -0.3 is 9.90 Å². The average molecular weight is 165 g/mol. The summed E-state index contributed by atoms with van der Waals surface area (Å²) in [4.78, 5) is 19.7. The molecule has 0 saturated heterocycles. The number of nitrogens with zero attached hydrogens (tertiary/aromatic N) is 1. The van der Waals surface area contributed by atoms with Gasteiger partial charge in [0, 0.05) is 12.4 Å². The van der Waals surface area contributed by atoms with Gasteiger partial charge in [-0.1, -0.05) is 0 Å². The molecule has 0 atom stereocenters. The van der Waals surface area contributed by atoms with Gasteiger partial charge in [-0.3, -0.25) is 4.79 Å². The summed E-state index contributed by atoms with van der Waals surface area (Å²) >= 11 is 0. The van der Waals surface area contributed by atoms with E-state index in [4.69, 9.17) is 5.26 Å². The minimum absolute atomic E-state index is 0. The van der Waals surface area contributed by atoms with Crippen molar-refractivity contribution in [2.75, 3.05) is 0 Å². The molecule has 0 bridgehead atoms. The minimum atomic E-state index is -1.31. The molecule has 0 spiro atoms. The zero-order chi connectivity index (χ0) is 7.28. The molecule has 4 nitrogen and oxygen atoms in total. The molecule has 0 radical (unpaired) electrons. The molecule has 0 unspecified atom stereocenters. The summed E-state index contributed by atoms with van der Waals surface area (Å²) in [7, 11) is 0. The van der Waals surface area contributed by atoms with Crippen LogP contribution in [0.2, 0.25) is 0 Å². The van der Waals surface area contributed by atoms with E-state index >= 15 is 0 Å². The first-order chi connectivity index (χ1) is 4.16. The summed E-state index contributed by atoms with van der Waals surface area (Å²) in [5.41, 5.74) is 0. The van der Waals surface area contributed by atoms with Crippen molar-refractivity contribution in [2.24, 2.45) is 0 Å². The van der Waals surface area contributed by atoms with Crippen LogP contribution in [0.5, 0.6) is 0 Å². The Morgan fingerprint density at radius 3 is 2.20 bits per heavy atom. The van der Waals surface area contributed by atoms with Crippen LogP contribution < -0.4 is 56.5 Å². The Hall–Kier alpha value is 0.266. The van der Waals surface area contributed by atoms with E-state index in [0.717, 1.165) is 0 Å². The number of carboxylic acid groups (broad SMARTS) is 1. The van der Waals surface area contributed by atoms with Crippen LogP contribution in [0.3, 0.4) is 0 Å². The van der Waals surface area contributed by atoms with Crippen LogP contribution in [-0.4, -0.2) is 11.8 Å². The Kier molecular flexibility index (Phi) is 9.51. The van der Waals surface area contributed by atoms with Gasteiger partial charge >= 0.3 is 51.4 Å². The molecule has 0 fully saturated rings. The van der Waals surface area contributed by atoms with E-state index in [0.29, 0.717) is 0 Å². The van der Waals surface area contributed by atoms with Gasteiger partial charge in [0.1, 0.15) is 6.07 Å². The molecule has 0 aromatic rings. The van der Waals surface area contributed by atoms with Crippen molar-refractivity contribution in [1.82, 2.24) is 0 Å². The van der Waals surface area contributed by atoms with Gasteiger partial charge in [0.15, 0.2) is 0 Å². The Morgan fingerprint density at radius 1 is 1.40 bits per heavy atom. The van der Waals surface area contributed by atoms with Crippen LogP contribution in [-0.2, 0) is 9.59 Å². The predicted molar refractivity (Wildman–Crippen MR) is 24.9 cm³/mol. The van der Waals surface area contributed by atoms with Crippen LogP contribution in [0.15, 0.2) is 0 Å². The number of ketones is 1. The maximum atomic E-state index is 10.1. The second-order valence-corrected chi connectivity index (χ2v) is 1.41. The van der Waals surface area contributed by atoms with Crippen LogP contribution in [0.25, 0.3) is 0 Å². The molecule has 0 aromatic carbocycles. The number of aliphatic carboxylic acids is 1. The molecule has 5 heteroatoms. The van der Waals surface area contributed by atoms with E-state index in [2.05, 4.69) is 0 Å². The fraction of sp³-hybridized carbons (Fsp3) is 0.400. The van der Waals surface area contributed by atoms with E-state index in [1.54, 1.807) is 0 Å². The van der Waals surface area contributed by atoms with Crippen molar-refractivity contribution in [1.29, 1.82) is 5.26 Å². The van der Waals surface area contributed by atoms with Crippen molar-refractivity contribution in [3.05, 3.63) is 0 Å². The van der Waals surface area contributed by atoms with Crippen LogP contribution in [0.4, 0.5) is 0 Å². The molecular weight excluding hydrogens is 161 g/mol. The molecule has 10 heavy (non-hydrogen) atoms. The zero-order valence-electron chi connectivity index (χ0n) is 5.59. The molecule has 48 valence electrons. The minimum Gasteiger partial charge on any atom is -0.550 e. The average Bonchev–Trinajstić information content (AvgIpc) is 1.83. The third-order valence-corrected chi connectivity index (χ3v) is 0.681. The summed E-state index contributed by atoms with van der Waals surface area (Å²) in [6.07, 6.45) is -0.620. The quantitative estimate of drug-likeness (QED) is 0.312. The molecule has 0 amide bonds. The summed E-state index contributed by atoms with van der Waals surface area (Å²) in [6.45, 7) is 0. The first-order valence-corrected chi connectivity index (χ1v) is 2.29. The number of carbonyl (C=O) groups is 2. The second-order valence-electron chi connectivity index (χ2n) is 1.41. The fourth-order valence-corrected chi connectivity index (χ4v) is 0.271. The SMILES string of the molecule is N#CC(=O)CCC(=O)[O-].[K+]. The molecule has 0 N–H and O–H groups in total. The molecule has 0 aliphatic carbocycles. The van der Waals surface area contributed by atoms with Crippen LogP contribution in [0.1, 0.15) is 12.8 Å². The van der Waals surface area contributed by atoms with Crippen molar-refractivity contribution in [3.63, 3.8) is 0 Å². The summed E-state index contributed by atoms with van der Waals surface area (Å²) in [5, 5.41) is 17.5. The van der Waals surface area contributed by atoms with Crippen molar-refractivity contribution < 1.29 is 66.1 Å².